The first-order chi connectivity index (χ1) is 8.01. The maximum absolute atomic E-state index is 12.2. The molecule has 0 aromatic rings. The average molecular weight is 239 g/mol. The molecular weight excluding hydrogens is 214 g/mol. The van der Waals surface area contributed by atoms with Gasteiger partial charge >= 0.3 is 0 Å². The van der Waals surface area contributed by atoms with Crippen molar-refractivity contribution in [1.29, 1.82) is 0 Å². The minimum Gasteiger partial charge on any atom is -0.339 e. The van der Waals surface area contributed by atoms with Crippen LogP contribution in [-0.2, 0) is 4.79 Å². The van der Waals surface area contributed by atoms with Crippen LogP contribution in [0.2, 0.25) is 0 Å². The zero-order chi connectivity index (χ0) is 12.5. The van der Waals surface area contributed by atoms with Crippen molar-refractivity contribution in [2.45, 2.75) is 38.6 Å². The second-order valence-electron chi connectivity index (χ2n) is 6.00. The van der Waals surface area contributed by atoms with E-state index in [0.29, 0.717) is 5.92 Å². The summed E-state index contributed by atoms with van der Waals surface area (Å²) in [6, 6.07) is 0. The Hall–Kier alpha value is -0.610. The average Bonchev–Trinajstić information content (AvgIpc) is 2.25. The number of nitrogens with zero attached hydrogens (tertiary/aromatic N) is 2. The Bertz CT molecular complexity index is 278. The van der Waals surface area contributed by atoms with Crippen LogP contribution in [0, 0.1) is 5.92 Å². The summed E-state index contributed by atoms with van der Waals surface area (Å²) in [4.78, 5) is 16.6. The Morgan fingerprint density at radius 2 is 1.82 bits per heavy atom. The lowest BCUT2D eigenvalue weighted by Gasteiger charge is -2.43. The Morgan fingerprint density at radius 1 is 1.24 bits per heavy atom. The van der Waals surface area contributed by atoms with Gasteiger partial charge in [0.15, 0.2) is 0 Å². The molecule has 4 heteroatoms. The van der Waals surface area contributed by atoms with E-state index in [0.717, 1.165) is 52.0 Å². The number of nitrogens with two attached hydrogens (primary N) is 1. The Balaban J connectivity index is 1.80. The summed E-state index contributed by atoms with van der Waals surface area (Å²) >= 11 is 0. The minimum absolute atomic E-state index is 0.188. The summed E-state index contributed by atoms with van der Waals surface area (Å²) in [6.07, 6.45) is 2.85. The fraction of sp³-hybridized carbons (Fsp3) is 0.923. The maximum atomic E-state index is 12.2. The SMILES string of the molecule is CC(C)CN1CCN(C(=O)C2(N)CCC2)CC1. The molecule has 2 N–H and O–H groups in total. The summed E-state index contributed by atoms with van der Waals surface area (Å²) in [5, 5.41) is 0. The van der Waals surface area contributed by atoms with Crippen molar-refractivity contribution in [2.75, 3.05) is 32.7 Å². The highest BCUT2D eigenvalue weighted by Crippen LogP contribution is 2.31. The monoisotopic (exact) mass is 239 g/mol. The van der Waals surface area contributed by atoms with E-state index in [9.17, 15) is 4.79 Å². The fourth-order valence-corrected chi connectivity index (χ4v) is 2.74. The van der Waals surface area contributed by atoms with Crippen LogP contribution < -0.4 is 5.73 Å². The molecule has 0 aromatic carbocycles. The highest BCUT2D eigenvalue weighted by molar-refractivity contribution is 5.87. The molecule has 1 amide bonds. The summed E-state index contributed by atoms with van der Waals surface area (Å²) in [5.74, 6) is 0.887. The number of amides is 1. The van der Waals surface area contributed by atoms with Gasteiger partial charge in [-0.15, -0.1) is 0 Å². The molecule has 1 aliphatic heterocycles. The van der Waals surface area contributed by atoms with Crippen LogP contribution in [0.4, 0.5) is 0 Å². The molecule has 0 radical (unpaired) electrons. The van der Waals surface area contributed by atoms with Gasteiger partial charge < -0.3 is 10.6 Å². The van der Waals surface area contributed by atoms with Gasteiger partial charge in [-0.3, -0.25) is 9.69 Å². The van der Waals surface area contributed by atoms with Gasteiger partial charge in [-0.25, -0.2) is 0 Å². The maximum Gasteiger partial charge on any atom is 0.242 e. The molecule has 98 valence electrons. The van der Waals surface area contributed by atoms with E-state index < -0.39 is 5.54 Å². The zero-order valence-corrected chi connectivity index (χ0v) is 11.1. The number of rotatable bonds is 3. The second kappa shape index (κ2) is 4.94. The molecular formula is C13H25N3O. The van der Waals surface area contributed by atoms with E-state index in [1.165, 1.54) is 0 Å². The third-order valence-corrected chi connectivity index (χ3v) is 3.95. The van der Waals surface area contributed by atoms with Gasteiger partial charge in [0, 0.05) is 32.7 Å². The molecule has 2 rings (SSSR count). The van der Waals surface area contributed by atoms with Crippen molar-refractivity contribution in [2.24, 2.45) is 11.7 Å². The van der Waals surface area contributed by atoms with E-state index >= 15 is 0 Å². The molecule has 17 heavy (non-hydrogen) atoms. The smallest absolute Gasteiger partial charge is 0.242 e. The van der Waals surface area contributed by atoms with Crippen LogP contribution >= 0.6 is 0 Å². The van der Waals surface area contributed by atoms with E-state index in [-0.39, 0.29) is 5.91 Å². The van der Waals surface area contributed by atoms with Crippen LogP contribution in [0.3, 0.4) is 0 Å². The quantitative estimate of drug-likeness (QED) is 0.787. The molecule has 1 heterocycles. The van der Waals surface area contributed by atoms with E-state index in [1.807, 2.05) is 4.90 Å². The number of piperazine rings is 1. The van der Waals surface area contributed by atoms with E-state index in [4.69, 9.17) is 5.73 Å². The predicted octanol–water partition coefficient (Wildman–Crippen LogP) is 0.668. The Labute approximate surface area is 104 Å². The van der Waals surface area contributed by atoms with Gasteiger partial charge in [0.1, 0.15) is 0 Å². The lowest BCUT2D eigenvalue weighted by atomic mass is 9.76. The first-order valence-electron chi connectivity index (χ1n) is 6.82. The van der Waals surface area contributed by atoms with Crippen LogP contribution in [0.15, 0.2) is 0 Å². The van der Waals surface area contributed by atoms with Crippen LogP contribution in [0.1, 0.15) is 33.1 Å². The molecule has 0 bridgehead atoms. The molecule has 0 unspecified atom stereocenters. The third kappa shape index (κ3) is 2.80. The molecule has 2 fully saturated rings. The first-order valence-corrected chi connectivity index (χ1v) is 6.82. The Kier molecular flexibility index (Phi) is 3.73. The van der Waals surface area contributed by atoms with Crippen molar-refractivity contribution >= 4 is 5.91 Å². The molecule has 0 atom stereocenters. The molecule has 0 spiro atoms. The first kappa shape index (κ1) is 12.8. The van der Waals surface area contributed by atoms with Crippen molar-refractivity contribution < 1.29 is 4.79 Å². The van der Waals surface area contributed by atoms with Gasteiger partial charge in [-0.1, -0.05) is 13.8 Å². The highest BCUT2D eigenvalue weighted by Gasteiger charge is 2.43. The van der Waals surface area contributed by atoms with Gasteiger partial charge in [0.2, 0.25) is 5.91 Å². The van der Waals surface area contributed by atoms with Crippen LogP contribution in [0.5, 0.6) is 0 Å². The third-order valence-electron chi connectivity index (χ3n) is 3.95. The highest BCUT2D eigenvalue weighted by atomic mass is 16.2. The van der Waals surface area contributed by atoms with Crippen molar-refractivity contribution in [3.63, 3.8) is 0 Å². The van der Waals surface area contributed by atoms with E-state index in [2.05, 4.69) is 18.7 Å². The number of carbonyl (C=O) groups is 1. The van der Waals surface area contributed by atoms with E-state index in [1.54, 1.807) is 0 Å². The topological polar surface area (TPSA) is 49.6 Å². The lowest BCUT2D eigenvalue weighted by molar-refractivity contribution is -0.142. The molecule has 4 nitrogen and oxygen atoms in total. The van der Waals surface area contributed by atoms with Crippen molar-refractivity contribution in [3.8, 4) is 0 Å². The standard InChI is InChI=1S/C13H25N3O/c1-11(2)10-15-6-8-16(9-7-15)12(17)13(14)4-3-5-13/h11H,3-10,14H2,1-2H3. The summed E-state index contributed by atoms with van der Waals surface area (Å²) < 4.78 is 0. The molecule has 2 aliphatic rings. The summed E-state index contributed by atoms with van der Waals surface area (Å²) in [7, 11) is 0. The van der Waals surface area contributed by atoms with Crippen molar-refractivity contribution in [3.05, 3.63) is 0 Å². The van der Waals surface area contributed by atoms with Crippen LogP contribution in [0.25, 0.3) is 0 Å². The fourth-order valence-electron chi connectivity index (χ4n) is 2.74. The minimum atomic E-state index is -0.514. The molecule has 1 saturated heterocycles. The van der Waals surface area contributed by atoms with Crippen LogP contribution in [-0.4, -0.2) is 54.0 Å². The largest absolute Gasteiger partial charge is 0.339 e. The summed E-state index contributed by atoms with van der Waals surface area (Å²) in [5.41, 5.74) is 5.57. The Morgan fingerprint density at radius 3 is 2.24 bits per heavy atom. The zero-order valence-electron chi connectivity index (χ0n) is 11.1. The van der Waals surface area contributed by atoms with Gasteiger partial charge in [-0.2, -0.15) is 0 Å². The molecule has 1 aliphatic carbocycles. The van der Waals surface area contributed by atoms with Gasteiger partial charge in [-0.05, 0) is 25.2 Å². The van der Waals surface area contributed by atoms with Crippen molar-refractivity contribution in [1.82, 2.24) is 9.80 Å². The number of hydrogen-bond donors (Lipinski definition) is 1. The number of hydrogen-bond acceptors (Lipinski definition) is 3. The van der Waals surface area contributed by atoms with Gasteiger partial charge in [0.05, 0.1) is 5.54 Å². The predicted molar refractivity (Wildman–Crippen MR) is 68.6 cm³/mol. The normalized spacial score (nSPS) is 24.8. The second-order valence-corrected chi connectivity index (χ2v) is 6.00. The summed E-state index contributed by atoms with van der Waals surface area (Å²) in [6.45, 7) is 9.31. The lowest BCUT2D eigenvalue weighted by Crippen LogP contribution is -2.62. The number of carbonyl (C=O) groups excluding carboxylic acids is 1. The molecule has 0 aromatic heterocycles. The molecule has 1 saturated carbocycles. The van der Waals surface area contributed by atoms with Gasteiger partial charge in [0.25, 0.3) is 0 Å².